The first-order chi connectivity index (χ1) is 14.1. The van der Waals surface area contributed by atoms with Crippen molar-refractivity contribution in [2.45, 2.75) is 6.92 Å². The van der Waals surface area contributed by atoms with Gasteiger partial charge in [-0.1, -0.05) is 0 Å². The molecular formula is C21H21N3O4S. The average molecular weight is 411 g/mol. The molecule has 1 aliphatic heterocycles. The van der Waals surface area contributed by atoms with Crippen molar-refractivity contribution in [2.24, 2.45) is 0 Å². The molecule has 0 aliphatic carbocycles. The van der Waals surface area contributed by atoms with Crippen LogP contribution in [0.4, 0.5) is 11.5 Å². The maximum atomic E-state index is 12.6. The Labute approximate surface area is 172 Å². The Kier molecular flexibility index (Phi) is 5.73. The van der Waals surface area contributed by atoms with Gasteiger partial charge in [0.2, 0.25) is 0 Å². The zero-order valence-corrected chi connectivity index (χ0v) is 16.8. The smallest absolute Gasteiger partial charge is 0.348 e. The van der Waals surface area contributed by atoms with Crippen LogP contribution in [-0.2, 0) is 9.47 Å². The van der Waals surface area contributed by atoms with Crippen molar-refractivity contribution >= 4 is 44.8 Å². The molecule has 1 aromatic carbocycles. The lowest BCUT2D eigenvalue weighted by Gasteiger charge is -2.27. The van der Waals surface area contributed by atoms with E-state index in [4.69, 9.17) is 9.47 Å². The first-order valence-electron chi connectivity index (χ1n) is 9.45. The molecule has 1 aliphatic rings. The van der Waals surface area contributed by atoms with Crippen LogP contribution >= 0.6 is 11.3 Å². The molecule has 150 valence electrons. The third kappa shape index (κ3) is 4.38. The van der Waals surface area contributed by atoms with E-state index in [1.165, 1.54) is 11.3 Å². The van der Waals surface area contributed by atoms with Gasteiger partial charge in [-0.25, -0.2) is 9.78 Å². The topological polar surface area (TPSA) is 80.8 Å². The zero-order chi connectivity index (χ0) is 20.2. The minimum Gasteiger partial charge on any atom is -0.462 e. The van der Waals surface area contributed by atoms with Crippen LogP contribution in [0.25, 0.3) is 10.1 Å². The van der Waals surface area contributed by atoms with Gasteiger partial charge in [0.25, 0.3) is 5.91 Å². The molecule has 0 radical (unpaired) electrons. The number of thiophene rings is 1. The van der Waals surface area contributed by atoms with Gasteiger partial charge in [-0.2, -0.15) is 0 Å². The summed E-state index contributed by atoms with van der Waals surface area (Å²) in [7, 11) is 0. The summed E-state index contributed by atoms with van der Waals surface area (Å²) in [6.45, 7) is 5.09. The van der Waals surface area contributed by atoms with E-state index in [-0.39, 0.29) is 11.9 Å². The fourth-order valence-corrected chi connectivity index (χ4v) is 4.06. The molecule has 1 amide bonds. The van der Waals surface area contributed by atoms with E-state index >= 15 is 0 Å². The van der Waals surface area contributed by atoms with E-state index in [0.29, 0.717) is 35.9 Å². The van der Waals surface area contributed by atoms with Gasteiger partial charge < -0.3 is 19.7 Å². The zero-order valence-electron chi connectivity index (χ0n) is 16.0. The van der Waals surface area contributed by atoms with Crippen LogP contribution in [0, 0.1) is 0 Å². The Balaban J connectivity index is 1.46. The molecule has 1 N–H and O–H groups in total. The van der Waals surface area contributed by atoms with Crippen LogP contribution in [0.1, 0.15) is 27.0 Å². The molecule has 1 fully saturated rings. The number of nitrogens with zero attached hydrogens (tertiary/aromatic N) is 2. The second-order valence-electron chi connectivity index (χ2n) is 6.54. The Morgan fingerprint density at radius 3 is 2.76 bits per heavy atom. The van der Waals surface area contributed by atoms with Crippen molar-refractivity contribution in [1.82, 2.24) is 4.98 Å². The number of pyridine rings is 1. The van der Waals surface area contributed by atoms with Crippen LogP contribution in [-0.4, -0.2) is 49.8 Å². The molecule has 3 aromatic rings. The van der Waals surface area contributed by atoms with Crippen LogP contribution in [0.3, 0.4) is 0 Å². The molecule has 0 spiro atoms. The fourth-order valence-electron chi connectivity index (χ4n) is 3.13. The first kappa shape index (κ1) is 19.4. The van der Waals surface area contributed by atoms with E-state index in [2.05, 4.69) is 15.2 Å². The number of esters is 1. The lowest BCUT2D eigenvalue weighted by atomic mass is 10.2. The summed E-state index contributed by atoms with van der Waals surface area (Å²) >= 11 is 1.37. The lowest BCUT2D eigenvalue weighted by molar-refractivity contribution is 0.0532. The van der Waals surface area contributed by atoms with Crippen LogP contribution in [0.5, 0.6) is 0 Å². The number of nitrogens with one attached hydrogen (secondary N) is 1. The molecule has 3 heterocycles. The number of fused-ring (bicyclic) bond motifs is 1. The molecule has 1 saturated heterocycles. The quantitative estimate of drug-likeness (QED) is 0.647. The summed E-state index contributed by atoms with van der Waals surface area (Å²) in [6.07, 6.45) is 1.59. The van der Waals surface area contributed by atoms with Gasteiger partial charge in [0.15, 0.2) is 0 Å². The maximum absolute atomic E-state index is 12.6. The van der Waals surface area contributed by atoms with Crippen LogP contribution in [0.2, 0.25) is 0 Å². The molecule has 29 heavy (non-hydrogen) atoms. The van der Waals surface area contributed by atoms with E-state index < -0.39 is 0 Å². The number of carbonyl (C=O) groups is 2. The normalized spacial score (nSPS) is 14.0. The number of ether oxygens (including phenoxy) is 2. The standard InChI is InChI=1S/C21H21N3O4S/c1-2-28-21(26)18-12-15-11-16(4-5-17(15)29-18)23-20(25)14-3-6-19(22-13-14)24-7-9-27-10-8-24/h3-6,11-13H,2,7-10H2,1H3,(H,23,25). The van der Waals surface area contributed by atoms with Crippen molar-refractivity contribution < 1.29 is 19.1 Å². The highest BCUT2D eigenvalue weighted by Gasteiger charge is 2.15. The summed E-state index contributed by atoms with van der Waals surface area (Å²) in [4.78, 5) is 31.6. The SMILES string of the molecule is CCOC(=O)c1cc2cc(NC(=O)c3ccc(N4CCOCC4)nc3)ccc2s1. The van der Waals surface area contributed by atoms with E-state index in [1.54, 1.807) is 25.3 Å². The van der Waals surface area contributed by atoms with Crippen molar-refractivity contribution in [1.29, 1.82) is 0 Å². The summed E-state index contributed by atoms with van der Waals surface area (Å²) < 4.78 is 11.4. The summed E-state index contributed by atoms with van der Waals surface area (Å²) in [5, 5.41) is 3.77. The number of carbonyl (C=O) groups excluding carboxylic acids is 2. The number of morpholine rings is 1. The van der Waals surface area contributed by atoms with Crippen molar-refractivity contribution in [3.63, 3.8) is 0 Å². The first-order valence-corrected chi connectivity index (χ1v) is 10.3. The molecule has 0 unspecified atom stereocenters. The predicted molar refractivity (Wildman–Crippen MR) is 113 cm³/mol. The van der Waals surface area contributed by atoms with Gasteiger partial charge in [0.05, 0.1) is 25.4 Å². The van der Waals surface area contributed by atoms with Crippen LogP contribution in [0.15, 0.2) is 42.6 Å². The van der Waals surface area contributed by atoms with Gasteiger partial charge in [-0.3, -0.25) is 4.79 Å². The highest BCUT2D eigenvalue weighted by molar-refractivity contribution is 7.20. The number of hydrogen-bond acceptors (Lipinski definition) is 7. The predicted octanol–water partition coefficient (Wildman–Crippen LogP) is 3.56. The summed E-state index contributed by atoms with van der Waals surface area (Å²) in [5.74, 6) is 0.285. The Morgan fingerprint density at radius 2 is 2.03 bits per heavy atom. The van der Waals surface area contributed by atoms with Crippen molar-refractivity contribution in [2.75, 3.05) is 43.1 Å². The molecule has 8 heteroatoms. The van der Waals surface area contributed by atoms with E-state index in [1.807, 2.05) is 24.3 Å². The van der Waals surface area contributed by atoms with E-state index in [9.17, 15) is 9.59 Å². The lowest BCUT2D eigenvalue weighted by Crippen LogP contribution is -2.36. The van der Waals surface area contributed by atoms with Crippen molar-refractivity contribution in [3.05, 3.63) is 53.0 Å². The fraction of sp³-hybridized carbons (Fsp3) is 0.286. The Hall–Kier alpha value is -2.97. The number of benzene rings is 1. The van der Waals surface area contributed by atoms with Gasteiger partial charge >= 0.3 is 5.97 Å². The molecule has 0 bridgehead atoms. The third-order valence-electron chi connectivity index (χ3n) is 4.60. The van der Waals surface area contributed by atoms with Crippen molar-refractivity contribution in [3.8, 4) is 0 Å². The van der Waals surface area contributed by atoms with Gasteiger partial charge in [0.1, 0.15) is 10.7 Å². The minimum atomic E-state index is -0.328. The molecule has 4 rings (SSSR count). The third-order valence-corrected chi connectivity index (χ3v) is 5.69. The number of rotatable bonds is 5. The second-order valence-corrected chi connectivity index (χ2v) is 7.63. The van der Waals surface area contributed by atoms with Crippen LogP contribution < -0.4 is 10.2 Å². The monoisotopic (exact) mass is 411 g/mol. The second kappa shape index (κ2) is 8.59. The molecule has 2 aromatic heterocycles. The van der Waals surface area contributed by atoms with E-state index in [0.717, 1.165) is 29.0 Å². The average Bonchev–Trinajstić information content (AvgIpc) is 3.18. The molecular weight excluding hydrogens is 390 g/mol. The Bertz CT molecular complexity index is 1030. The molecule has 0 atom stereocenters. The molecule has 7 nitrogen and oxygen atoms in total. The highest BCUT2D eigenvalue weighted by Crippen LogP contribution is 2.29. The Morgan fingerprint density at radius 1 is 1.21 bits per heavy atom. The number of hydrogen-bond donors (Lipinski definition) is 1. The maximum Gasteiger partial charge on any atom is 0.348 e. The summed E-state index contributed by atoms with van der Waals surface area (Å²) in [6, 6.07) is 11.0. The molecule has 0 saturated carbocycles. The largest absolute Gasteiger partial charge is 0.462 e. The summed E-state index contributed by atoms with van der Waals surface area (Å²) in [5.41, 5.74) is 1.15. The number of aromatic nitrogens is 1. The van der Waals surface area contributed by atoms with Gasteiger partial charge in [-0.05, 0) is 48.7 Å². The number of amides is 1. The minimum absolute atomic E-state index is 0.230. The van der Waals surface area contributed by atoms with Gasteiger partial charge in [-0.15, -0.1) is 11.3 Å². The highest BCUT2D eigenvalue weighted by atomic mass is 32.1. The number of anilines is 2. The van der Waals surface area contributed by atoms with Gasteiger partial charge in [0, 0.05) is 29.7 Å².